The number of aryl methyl sites for hydroxylation is 1. The van der Waals surface area contributed by atoms with Crippen molar-refractivity contribution in [3.63, 3.8) is 0 Å². The second kappa shape index (κ2) is 14.2. The average Bonchev–Trinajstić information content (AvgIpc) is 2.57. The number of benzene rings is 1. The summed E-state index contributed by atoms with van der Waals surface area (Å²) in [6, 6.07) is 5.78. The largest absolute Gasteiger partial charge is 0.744 e. The van der Waals surface area contributed by atoms with Crippen LogP contribution in [-0.4, -0.2) is 36.0 Å². The molecule has 0 fully saturated rings. The predicted molar refractivity (Wildman–Crippen MR) is 111 cm³/mol. The Morgan fingerprint density at radius 2 is 1.46 bits per heavy atom. The normalized spacial score (nSPS) is 11.2. The van der Waals surface area contributed by atoms with Gasteiger partial charge in [0.15, 0.2) is 11.5 Å². The highest BCUT2D eigenvalue weighted by Gasteiger charge is 2.20. The maximum Gasteiger partial charge on any atom is 0.181 e. The Labute approximate surface area is 162 Å². The van der Waals surface area contributed by atoms with Gasteiger partial charge in [-0.25, -0.2) is 8.42 Å². The van der Waals surface area contributed by atoms with Crippen LogP contribution >= 0.6 is 0 Å². The smallest absolute Gasteiger partial charge is 0.181 e. The molecule has 0 spiro atoms. The van der Waals surface area contributed by atoms with E-state index >= 15 is 0 Å². The summed E-state index contributed by atoms with van der Waals surface area (Å²) in [4.78, 5) is 11.4. The quantitative estimate of drug-likeness (QED) is 0.404. The fourth-order valence-electron chi connectivity index (χ4n) is 2.23. The topological polar surface area (TPSA) is 74.3 Å². The Balaban J connectivity index is 0.000000502. The Hall–Kier alpha value is -0.850. The molecule has 26 heavy (non-hydrogen) atoms. The minimum Gasteiger partial charge on any atom is -0.744 e. The van der Waals surface area contributed by atoms with Crippen molar-refractivity contribution >= 4 is 26.8 Å². The highest BCUT2D eigenvalue weighted by molar-refractivity contribution is 7.97. The van der Waals surface area contributed by atoms with E-state index in [1.807, 2.05) is 6.92 Å². The van der Waals surface area contributed by atoms with Crippen LogP contribution in [0.3, 0.4) is 0 Å². The van der Waals surface area contributed by atoms with E-state index in [0.717, 1.165) is 24.2 Å². The minimum absolute atomic E-state index is 0.178. The van der Waals surface area contributed by atoms with Crippen molar-refractivity contribution < 1.29 is 17.8 Å². The van der Waals surface area contributed by atoms with E-state index in [4.69, 9.17) is 0 Å². The second-order valence-electron chi connectivity index (χ2n) is 6.43. The van der Waals surface area contributed by atoms with E-state index in [9.17, 15) is 17.8 Å². The SMILES string of the molecule is CCCC[S+](CCCC)CC(=O)CCC.Cc1ccc(S(=O)(=O)[O-])cc1. The third-order valence-electron chi connectivity index (χ3n) is 3.78. The van der Waals surface area contributed by atoms with Crippen LogP contribution in [0.2, 0.25) is 0 Å². The Kier molecular flexibility index (Phi) is 13.8. The monoisotopic (exact) mass is 402 g/mol. The summed E-state index contributed by atoms with van der Waals surface area (Å²) >= 11 is 0. The molecular weight excluding hydrogens is 368 g/mol. The first kappa shape index (κ1) is 25.1. The summed E-state index contributed by atoms with van der Waals surface area (Å²) < 4.78 is 31.2. The molecule has 0 radical (unpaired) electrons. The van der Waals surface area contributed by atoms with Crippen LogP contribution in [0.1, 0.15) is 64.9 Å². The van der Waals surface area contributed by atoms with Crippen LogP contribution in [0.15, 0.2) is 29.2 Å². The Bertz CT molecular complexity index is 587. The van der Waals surface area contributed by atoms with E-state index < -0.39 is 10.1 Å². The molecule has 0 aliphatic rings. The van der Waals surface area contributed by atoms with Crippen molar-refractivity contribution in [3.05, 3.63) is 29.8 Å². The molecule has 0 heterocycles. The van der Waals surface area contributed by atoms with Crippen LogP contribution in [-0.2, 0) is 25.8 Å². The van der Waals surface area contributed by atoms with Crippen molar-refractivity contribution in [1.29, 1.82) is 0 Å². The second-order valence-corrected chi connectivity index (χ2v) is 10.1. The molecule has 0 saturated heterocycles. The summed E-state index contributed by atoms with van der Waals surface area (Å²) in [7, 11) is -3.87. The zero-order valence-electron chi connectivity index (χ0n) is 16.6. The molecule has 0 amide bonds. The Morgan fingerprint density at radius 3 is 1.85 bits per heavy atom. The molecule has 1 rings (SSSR count). The van der Waals surface area contributed by atoms with E-state index in [1.54, 1.807) is 12.1 Å². The molecule has 4 nitrogen and oxygen atoms in total. The maximum atomic E-state index is 11.6. The fraction of sp³-hybridized carbons (Fsp3) is 0.650. The first-order chi connectivity index (χ1) is 12.2. The van der Waals surface area contributed by atoms with E-state index in [2.05, 4.69) is 20.8 Å². The summed E-state index contributed by atoms with van der Waals surface area (Å²) in [6.45, 7) is 8.37. The van der Waals surface area contributed by atoms with Crippen LogP contribution in [0, 0.1) is 6.92 Å². The Morgan fingerprint density at radius 1 is 0.962 bits per heavy atom. The molecule has 1 aromatic carbocycles. The lowest BCUT2D eigenvalue weighted by Gasteiger charge is -2.07. The van der Waals surface area contributed by atoms with Gasteiger partial charge in [-0.2, -0.15) is 0 Å². The number of hydrogen-bond donors (Lipinski definition) is 0. The van der Waals surface area contributed by atoms with E-state index in [0.29, 0.717) is 16.7 Å². The molecular formula is C20H34O4S2. The molecule has 0 aliphatic heterocycles. The molecule has 0 bridgehead atoms. The number of Topliss-reactive ketones (excluding diaryl/α,β-unsaturated/α-hetero) is 1. The van der Waals surface area contributed by atoms with Crippen LogP contribution in [0.25, 0.3) is 0 Å². The van der Waals surface area contributed by atoms with Gasteiger partial charge in [0.05, 0.1) is 4.90 Å². The van der Waals surface area contributed by atoms with Gasteiger partial charge in [0, 0.05) is 6.42 Å². The van der Waals surface area contributed by atoms with Gasteiger partial charge < -0.3 is 4.55 Å². The lowest BCUT2D eigenvalue weighted by Crippen LogP contribution is -2.22. The average molecular weight is 403 g/mol. The number of unbranched alkanes of at least 4 members (excludes halogenated alkanes) is 2. The molecule has 6 heteroatoms. The molecule has 0 aliphatic carbocycles. The number of rotatable bonds is 11. The van der Waals surface area contributed by atoms with Crippen molar-refractivity contribution in [1.82, 2.24) is 0 Å². The van der Waals surface area contributed by atoms with Crippen LogP contribution in [0.4, 0.5) is 0 Å². The third-order valence-corrected chi connectivity index (χ3v) is 7.09. The number of carbonyl (C=O) groups excluding carboxylic acids is 1. The first-order valence-electron chi connectivity index (χ1n) is 9.42. The molecule has 0 saturated carbocycles. The first-order valence-corrected chi connectivity index (χ1v) is 12.6. The van der Waals surface area contributed by atoms with Gasteiger partial charge in [0.1, 0.15) is 21.6 Å². The fourth-order valence-corrected chi connectivity index (χ4v) is 5.18. The molecule has 0 N–H and O–H groups in total. The molecule has 150 valence electrons. The van der Waals surface area contributed by atoms with Crippen molar-refractivity contribution in [3.8, 4) is 0 Å². The maximum absolute atomic E-state index is 11.6. The van der Waals surface area contributed by atoms with Gasteiger partial charge >= 0.3 is 0 Å². The lowest BCUT2D eigenvalue weighted by molar-refractivity contribution is -0.116. The van der Waals surface area contributed by atoms with Gasteiger partial charge in [-0.1, -0.05) is 51.3 Å². The van der Waals surface area contributed by atoms with Gasteiger partial charge in [0.2, 0.25) is 0 Å². The summed E-state index contributed by atoms with van der Waals surface area (Å²) in [5.74, 6) is 3.93. The van der Waals surface area contributed by atoms with E-state index in [-0.39, 0.29) is 4.90 Å². The molecule has 0 atom stereocenters. The van der Waals surface area contributed by atoms with Gasteiger partial charge in [-0.05, 0) is 49.2 Å². The van der Waals surface area contributed by atoms with Crippen molar-refractivity contribution in [2.45, 2.75) is 71.1 Å². The van der Waals surface area contributed by atoms with Crippen molar-refractivity contribution in [2.75, 3.05) is 17.3 Å². The molecule has 0 aromatic heterocycles. The zero-order chi connectivity index (χ0) is 20.0. The number of carbonyl (C=O) groups is 1. The van der Waals surface area contributed by atoms with Crippen LogP contribution < -0.4 is 0 Å². The van der Waals surface area contributed by atoms with Gasteiger partial charge in [0.25, 0.3) is 0 Å². The van der Waals surface area contributed by atoms with Crippen molar-refractivity contribution in [2.24, 2.45) is 0 Å². The molecule has 1 aromatic rings. The standard InChI is InChI=1S/C13H27OS.C7H8O3S/c1-4-7-10-15(11-8-5-2)12-13(14)9-6-3;1-6-2-4-7(5-3-6)11(8,9)10/h4-12H2,1-3H3;2-5H,1H3,(H,8,9,10)/q+1;/p-1. The number of ketones is 1. The highest BCUT2D eigenvalue weighted by atomic mass is 32.2. The van der Waals surface area contributed by atoms with Crippen LogP contribution in [0.5, 0.6) is 0 Å². The summed E-state index contributed by atoms with van der Waals surface area (Å²) in [5.41, 5.74) is 0.928. The summed E-state index contributed by atoms with van der Waals surface area (Å²) in [5, 5.41) is 0. The van der Waals surface area contributed by atoms with Gasteiger partial charge in [-0.3, -0.25) is 4.79 Å². The lowest BCUT2D eigenvalue weighted by atomic mass is 10.2. The van der Waals surface area contributed by atoms with E-state index in [1.165, 1.54) is 49.3 Å². The minimum atomic E-state index is -4.27. The van der Waals surface area contributed by atoms with Gasteiger partial charge in [-0.15, -0.1) is 0 Å². The third kappa shape index (κ3) is 12.5. The zero-order valence-corrected chi connectivity index (χ0v) is 18.3. The predicted octanol–water partition coefficient (Wildman–Crippen LogP) is 4.47. The highest BCUT2D eigenvalue weighted by Crippen LogP contribution is 2.09. The number of hydrogen-bond acceptors (Lipinski definition) is 4. The molecule has 0 unspecified atom stereocenters. The summed E-state index contributed by atoms with van der Waals surface area (Å²) in [6.07, 6.45) is 6.92.